The summed E-state index contributed by atoms with van der Waals surface area (Å²) in [5.74, 6) is 0. The summed E-state index contributed by atoms with van der Waals surface area (Å²) < 4.78 is 0. The van der Waals surface area contributed by atoms with Gasteiger partial charge in [-0.15, -0.1) is 11.3 Å². The van der Waals surface area contributed by atoms with Crippen LogP contribution in [-0.2, 0) is 0 Å². The number of hydrogen-bond acceptors (Lipinski definition) is 3. The molecule has 0 saturated heterocycles. The Balaban J connectivity index is 3.09. The van der Waals surface area contributed by atoms with E-state index in [-0.39, 0.29) is 5.54 Å². The predicted octanol–water partition coefficient (Wildman–Crippen LogP) is 3.56. The van der Waals surface area contributed by atoms with Crippen LogP contribution in [0.1, 0.15) is 37.7 Å². The van der Waals surface area contributed by atoms with Crippen molar-refractivity contribution in [2.24, 2.45) is 0 Å². The van der Waals surface area contributed by atoms with E-state index in [2.05, 4.69) is 18.7 Å². The number of nitrogens with zero attached hydrogens (tertiary/aromatic N) is 1. The first-order chi connectivity index (χ1) is 7.49. The molecular weight excluding hydrogens is 242 g/mol. The van der Waals surface area contributed by atoms with Gasteiger partial charge >= 0.3 is 0 Å². The van der Waals surface area contributed by atoms with Gasteiger partial charge in [0.25, 0.3) is 0 Å². The summed E-state index contributed by atoms with van der Waals surface area (Å²) in [4.78, 5) is 2.98. The highest BCUT2D eigenvalue weighted by Crippen LogP contribution is 2.40. The first kappa shape index (κ1) is 14.0. The van der Waals surface area contributed by atoms with Gasteiger partial charge in [-0.2, -0.15) is 0 Å². The number of halogens is 1. The van der Waals surface area contributed by atoms with Crippen LogP contribution in [0.4, 0.5) is 0 Å². The van der Waals surface area contributed by atoms with Crippen LogP contribution in [0, 0.1) is 0 Å². The van der Waals surface area contributed by atoms with Crippen molar-refractivity contribution in [1.82, 2.24) is 4.90 Å². The number of likely N-dealkylation sites (N-methyl/N-ethyl adjacent to an activating group) is 1. The van der Waals surface area contributed by atoms with Gasteiger partial charge in [-0.05, 0) is 38.4 Å². The maximum atomic E-state index is 10.6. The van der Waals surface area contributed by atoms with E-state index in [0.29, 0.717) is 5.02 Å². The Morgan fingerprint density at radius 2 is 2.00 bits per heavy atom. The summed E-state index contributed by atoms with van der Waals surface area (Å²) in [7, 11) is 4.02. The lowest BCUT2D eigenvalue weighted by Gasteiger charge is -2.42. The zero-order valence-corrected chi connectivity index (χ0v) is 11.9. The lowest BCUT2D eigenvalue weighted by Crippen LogP contribution is -2.48. The molecule has 16 heavy (non-hydrogen) atoms. The molecule has 1 aromatic rings. The highest BCUT2D eigenvalue weighted by atomic mass is 35.5. The molecule has 1 N–H and O–H groups in total. The van der Waals surface area contributed by atoms with Gasteiger partial charge in [0.05, 0.1) is 15.4 Å². The normalized spacial score (nSPS) is 14.4. The number of thiophene rings is 1. The van der Waals surface area contributed by atoms with Gasteiger partial charge in [-0.3, -0.25) is 0 Å². The molecule has 2 nitrogen and oxygen atoms in total. The number of rotatable bonds is 5. The monoisotopic (exact) mass is 261 g/mol. The van der Waals surface area contributed by atoms with E-state index in [0.717, 1.165) is 17.7 Å². The van der Waals surface area contributed by atoms with Gasteiger partial charge in [-0.25, -0.2) is 0 Å². The Morgan fingerprint density at radius 3 is 2.31 bits per heavy atom. The van der Waals surface area contributed by atoms with Gasteiger partial charge in [0.1, 0.15) is 6.10 Å². The lowest BCUT2D eigenvalue weighted by molar-refractivity contribution is -0.0128. The summed E-state index contributed by atoms with van der Waals surface area (Å²) in [5, 5.41) is 13.2. The lowest BCUT2D eigenvalue weighted by atomic mass is 9.84. The quantitative estimate of drug-likeness (QED) is 0.876. The predicted molar refractivity (Wildman–Crippen MR) is 71.3 cm³/mol. The second-order valence-corrected chi connectivity index (χ2v) is 5.60. The molecule has 1 aromatic heterocycles. The van der Waals surface area contributed by atoms with E-state index in [4.69, 9.17) is 11.6 Å². The number of aliphatic hydroxyl groups excluding tert-OH is 1. The third-order valence-corrected chi connectivity index (χ3v) is 4.93. The SMILES string of the molecule is CCC(CC)(C(O)c1sccc1Cl)N(C)C. The number of aliphatic hydroxyl groups is 1. The molecule has 0 aliphatic carbocycles. The summed E-state index contributed by atoms with van der Waals surface area (Å²) >= 11 is 7.62. The first-order valence-corrected chi connectivity index (χ1v) is 6.83. The van der Waals surface area contributed by atoms with Crippen molar-refractivity contribution in [2.45, 2.75) is 38.3 Å². The minimum atomic E-state index is -0.523. The van der Waals surface area contributed by atoms with Crippen molar-refractivity contribution < 1.29 is 5.11 Å². The molecule has 0 radical (unpaired) electrons. The maximum Gasteiger partial charge on any atom is 0.108 e. The van der Waals surface area contributed by atoms with Gasteiger partial charge in [0.2, 0.25) is 0 Å². The van der Waals surface area contributed by atoms with Crippen LogP contribution >= 0.6 is 22.9 Å². The van der Waals surface area contributed by atoms with Crippen molar-refractivity contribution in [3.63, 3.8) is 0 Å². The molecular formula is C12H20ClNOS. The smallest absolute Gasteiger partial charge is 0.108 e. The van der Waals surface area contributed by atoms with Crippen molar-refractivity contribution >= 4 is 22.9 Å². The van der Waals surface area contributed by atoms with Crippen LogP contribution in [0.3, 0.4) is 0 Å². The molecule has 0 saturated carbocycles. The molecule has 0 amide bonds. The molecule has 0 bridgehead atoms. The van der Waals surface area contributed by atoms with Gasteiger partial charge < -0.3 is 10.0 Å². The molecule has 1 unspecified atom stereocenters. The Hall–Kier alpha value is -0.0900. The molecule has 4 heteroatoms. The third kappa shape index (κ3) is 2.28. The standard InChI is InChI=1S/C12H20ClNOS/c1-5-12(6-2,14(3)4)11(15)10-9(13)7-8-16-10/h7-8,11,15H,5-6H2,1-4H3. The van der Waals surface area contributed by atoms with E-state index in [1.807, 2.05) is 25.5 Å². The first-order valence-electron chi connectivity index (χ1n) is 5.58. The minimum absolute atomic E-state index is 0.228. The van der Waals surface area contributed by atoms with E-state index in [9.17, 15) is 5.11 Å². The minimum Gasteiger partial charge on any atom is -0.386 e. The molecule has 0 spiro atoms. The van der Waals surface area contributed by atoms with Gasteiger partial charge in [-0.1, -0.05) is 25.4 Å². The van der Waals surface area contributed by atoms with Crippen LogP contribution in [0.5, 0.6) is 0 Å². The van der Waals surface area contributed by atoms with Crippen LogP contribution in [0.25, 0.3) is 0 Å². The molecule has 92 valence electrons. The van der Waals surface area contributed by atoms with Gasteiger partial charge in [0, 0.05) is 0 Å². The molecule has 0 fully saturated rings. The molecule has 0 aromatic carbocycles. The Bertz CT molecular complexity index is 334. The topological polar surface area (TPSA) is 23.5 Å². The van der Waals surface area contributed by atoms with E-state index >= 15 is 0 Å². The van der Waals surface area contributed by atoms with E-state index in [1.165, 1.54) is 11.3 Å². The van der Waals surface area contributed by atoms with Crippen molar-refractivity contribution in [3.05, 3.63) is 21.3 Å². The zero-order valence-electron chi connectivity index (χ0n) is 10.3. The van der Waals surface area contributed by atoms with Crippen LogP contribution in [0.15, 0.2) is 11.4 Å². The summed E-state index contributed by atoms with van der Waals surface area (Å²) in [6.07, 6.45) is 1.27. The fourth-order valence-electron chi connectivity index (χ4n) is 2.26. The fraction of sp³-hybridized carbons (Fsp3) is 0.667. The maximum absolute atomic E-state index is 10.6. The molecule has 1 atom stereocenters. The highest BCUT2D eigenvalue weighted by molar-refractivity contribution is 7.10. The largest absolute Gasteiger partial charge is 0.386 e. The third-order valence-electron chi connectivity index (χ3n) is 3.52. The van der Waals surface area contributed by atoms with Crippen molar-refractivity contribution in [2.75, 3.05) is 14.1 Å². The second-order valence-electron chi connectivity index (χ2n) is 4.24. The van der Waals surface area contributed by atoms with Crippen LogP contribution < -0.4 is 0 Å². The average Bonchev–Trinajstić information content (AvgIpc) is 2.66. The van der Waals surface area contributed by atoms with E-state index in [1.54, 1.807) is 0 Å². The zero-order chi connectivity index (χ0) is 12.3. The second kappa shape index (κ2) is 5.50. The molecule has 0 aliphatic heterocycles. The Morgan fingerprint density at radius 1 is 1.44 bits per heavy atom. The summed E-state index contributed by atoms with van der Waals surface area (Å²) in [5.41, 5.74) is -0.228. The van der Waals surface area contributed by atoms with Crippen molar-refractivity contribution in [1.29, 1.82) is 0 Å². The Kier molecular flexibility index (Phi) is 4.80. The molecule has 0 aliphatic rings. The average molecular weight is 262 g/mol. The molecule has 1 heterocycles. The fourth-order valence-corrected chi connectivity index (χ4v) is 3.51. The summed E-state index contributed by atoms with van der Waals surface area (Å²) in [6.45, 7) is 4.21. The van der Waals surface area contributed by atoms with Crippen LogP contribution in [-0.4, -0.2) is 29.6 Å². The summed E-state index contributed by atoms with van der Waals surface area (Å²) in [6, 6.07) is 1.84. The Labute approximate surface area is 107 Å². The molecule has 1 rings (SSSR count). The van der Waals surface area contributed by atoms with Gasteiger partial charge in [0.15, 0.2) is 0 Å². The number of hydrogen-bond donors (Lipinski definition) is 1. The van der Waals surface area contributed by atoms with Crippen LogP contribution in [0.2, 0.25) is 5.02 Å². The van der Waals surface area contributed by atoms with Crippen molar-refractivity contribution in [3.8, 4) is 0 Å². The highest BCUT2D eigenvalue weighted by Gasteiger charge is 2.39. The van der Waals surface area contributed by atoms with E-state index < -0.39 is 6.10 Å².